The van der Waals surface area contributed by atoms with E-state index in [9.17, 15) is 14.7 Å². The molecule has 0 saturated carbocycles. The van der Waals surface area contributed by atoms with Gasteiger partial charge in [0, 0.05) is 25.8 Å². The summed E-state index contributed by atoms with van der Waals surface area (Å²) in [5.41, 5.74) is 0.301. The Morgan fingerprint density at radius 3 is 2.43 bits per heavy atom. The van der Waals surface area contributed by atoms with E-state index in [-0.39, 0.29) is 17.9 Å². The Morgan fingerprint density at radius 2 is 1.83 bits per heavy atom. The van der Waals surface area contributed by atoms with Crippen LogP contribution in [0.25, 0.3) is 5.76 Å². The lowest BCUT2D eigenvalue weighted by Gasteiger charge is -2.23. The van der Waals surface area contributed by atoms with Gasteiger partial charge >= 0.3 is 0 Å². The summed E-state index contributed by atoms with van der Waals surface area (Å²) in [6.07, 6.45) is 0.538. The number of amides is 1. The molecule has 1 aromatic carbocycles. The first kappa shape index (κ1) is 21.4. The third-order valence-corrected chi connectivity index (χ3v) is 4.98. The fourth-order valence-corrected chi connectivity index (χ4v) is 3.53. The number of aliphatic hydroxyl groups excluding tert-OH is 1. The van der Waals surface area contributed by atoms with Crippen LogP contribution >= 0.6 is 0 Å². The summed E-state index contributed by atoms with van der Waals surface area (Å²) in [4.78, 5) is 27.1. The third kappa shape index (κ3) is 3.91. The van der Waals surface area contributed by atoms with Gasteiger partial charge in [0.15, 0.2) is 11.5 Å². The lowest BCUT2D eigenvalue weighted by atomic mass is 9.99. The van der Waals surface area contributed by atoms with Crippen molar-refractivity contribution in [2.45, 2.75) is 19.4 Å². The molecule has 1 N–H and O–H groups in total. The summed E-state index contributed by atoms with van der Waals surface area (Å²) in [7, 11) is 4.54. The van der Waals surface area contributed by atoms with Crippen molar-refractivity contribution in [2.75, 3.05) is 34.5 Å². The minimum absolute atomic E-state index is 0.0287. The van der Waals surface area contributed by atoms with Crippen molar-refractivity contribution in [3.05, 3.63) is 53.0 Å². The van der Waals surface area contributed by atoms with Crippen molar-refractivity contribution in [2.24, 2.45) is 0 Å². The van der Waals surface area contributed by atoms with Gasteiger partial charge in [-0.3, -0.25) is 9.59 Å². The van der Waals surface area contributed by atoms with E-state index in [1.807, 2.05) is 0 Å². The van der Waals surface area contributed by atoms with Gasteiger partial charge in [0.1, 0.15) is 23.3 Å². The molecule has 3 rings (SSSR count). The van der Waals surface area contributed by atoms with Crippen LogP contribution in [0.3, 0.4) is 0 Å². The van der Waals surface area contributed by atoms with Gasteiger partial charge in [-0.25, -0.2) is 0 Å². The van der Waals surface area contributed by atoms with Crippen molar-refractivity contribution in [1.82, 2.24) is 4.90 Å². The zero-order chi connectivity index (χ0) is 21.8. The maximum absolute atomic E-state index is 12.9. The highest BCUT2D eigenvalue weighted by atomic mass is 16.5. The number of furan rings is 1. The molecule has 1 fully saturated rings. The number of hydrogen-bond acceptors (Lipinski definition) is 7. The molecule has 160 valence electrons. The van der Waals surface area contributed by atoms with Crippen LogP contribution in [-0.2, 0) is 14.3 Å². The highest BCUT2D eigenvalue weighted by molar-refractivity contribution is 6.46. The summed E-state index contributed by atoms with van der Waals surface area (Å²) in [5, 5.41) is 11.0. The molecule has 1 unspecified atom stereocenters. The van der Waals surface area contributed by atoms with E-state index in [2.05, 4.69) is 0 Å². The number of likely N-dealkylation sites (tertiary alicyclic amines) is 1. The van der Waals surface area contributed by atoms with Crippen molar-refractivity contribution >= 4 is 17.4 Å². The van der Waals surface area contributed by atoms with Gasteiger partial charge in [0.25, 0.3) is 11.7 Å². The van der Waals surface area contributed by atoms with Crippen molar-refractivity contribution in [3.63, 3.8) is 0 Å². The number of aliphatic hydroxyl groups is 1. The van der Waals surface area contributed by atoms with Crippen LogP contribution in [0.2, 0.25) is 0 Å². The minimum atomic E-state index is -0.830. The van der Waals surface area contributed by atoms with E-state index in [1.54, 1.807) is 44.4 Å². The second kappa shape index (κ2) is 9.04. The number of Topliss-reactive ketones (excluding diaryl/α,β-unsaturated/α-hetero) is 1. The molecular weight excluding hydrogens is 390 g/mol. The number of methoxy groups -OCH3 is 3. The quantitative estimate of drug-likeness (QED) is 0.306. The maximum Gasteiger partial charge on any atom is 0.295 e. The van der Waals surface area contributed by atoms with Gasteiger partial charge in [-0.05, 0) is 43.7 Å². The average molecular weight is 415 g/mol. The van der Waals surface area contributed by atoms with Gasteiger partial charge in [-0.2, -0.15) is 0 Å². The molecule has 1 aliphatic heterocycles. The molecule has 30 heavy (non-hydrogen) atoms. The Hall–Kier alpha value is -3.26. The SMILES string of the molecule is COCCCN1C(=O)C(=O)/C(=C(\O)c2ccc(OC)c(OC)c2)C1c1ccc(C)o1. The Balaban J connectivity index is 2.11. The molecule has 2 heterocycles. The first-order valence-electron chi connectivity index (χ1n) is 9.49. The summed E-state index contributed by atoms with van der Waals surface area (Å²) in [6, 6.07) is 7.40. The van der Waals surface area contributed by atoms with Gasteiger partial charge in [0.2, 0.25) is 0 Å². The van der Waals surface area contributed by atoms with E-state index in [0.29, 0.717) is 41.6 Å². The molecule has 1 amide bonds. The minimum Gasteiger partial charge on any atom is -0.507 e. The molecule has 0 spiro atoms. The molecule has 0 aliphatic carbocycles. The van der Waals surface area contributed by atoms with E-state index < -0.39 is 17.7 Å². The number of rotatable bonds is 8. The van der Waals surface area contributed by atoms with Crippen LogP contribution < -0.4 is 9.47 Å². The molecule has 1 saturated heterocycles. The lowest BCUT2D eigenvalue weighted by molar-refractivity contribution is -0.140. The fraction of sp³-hybridized carbons (Fsp3) is 0.364. The predicted molar refractivity (Wildman–Crippen MR) is 108 cm³/mol. The number of aryl methyl sites for hydroxylation is 1. The van der Waals surface area contributed by atoms with Gasteiger partial charge in [-0.1, -0.05) is 0 Å². The molecule has 0 bridgehead atoms. The van der Waals surface area contributed by atoms with Gasteiger partial charge in [-0.15, -0.1) is 0 Å². The second-order valence-corrected chi connectivity index (χ2v) is 6.86. The summed E-state index contributed by atoms with van der Waals surface area (Å²) in [5.74, 6) is 0.159. The average Bonchev–Trinajstić information content (AvgIpc) is 3.28. The molecule has 2 aromatic rings. The van der Waals surface area contributed by atoms with Crippen LogP contribution in [-0.4, -0.2) is 56.2 Å². The fourth-order valence-electron chi connectivity index (χ4n) is 3.53. The molecule has 1 atom stereocenters. The second-order valence-electron chi connectivity index (χ2n) is 6.86. The first-order chi connectivity index (χ1) is 14.4. The third-order valence-electron chi connectivity index (χ3n) is 4.98. The van der Waals surface area contributed by atoms with Crippen LogP contribution in [0.4, 0.5) is 0 Å². The lowest BCUT2D eigenvalue weighted by Crippen LogP contribution is -2.31. The van der Waals surface area contributed by atoms with Gasteiger partial charge < -0.3 is 28.6 Å². The Morgan fingerprint density at radius 1 is 1.10 bits per heavy atom. The summed E-state index contributed by atoms with van der Waals surface area (Å²) in [6.45, 7) is 2.49. The smallest absolute Gasteiger partial charge is 0.295 e. The molecule has 1 aliphatic rings. The highest BCUT2D eigenvalue weighted by Crippen LogP contribution is 2.41. The molecule has 8 heteroatoms. The number of carbonyl (C=O) groups is 2. The molecule has 0 radical (unpaired) electrons. The Kier molecular flexibility index (Phi) is 6.47. The number of ether oxygens (including phenoxy) is 3. The molecule has 1 aromatic heterocycles. The monoisotopic (exact) mass is 415 g/mol. The topological polar surface area (TPSA) is 98.4 Å². The van der Waals surface area contributed by atoms with Crippen molar-refractivity contribution in [3.8, 4) is 11.5 Å². The number of nitrogens with zero attached hydrogens (tertiary/aromatic N) is 1. The zero-order valence-corrected chi connectivity index (χ0v) is 17.4. The van der Waals surface area contributed by atoms with Crippen LogP contribution in [0.15, 0.2) is 40.3 Å². The number of benzene rings is 1. The maximum atomic E-state index is 12.9. The normalized spacial score (nSPS) is 18.1. The standard InChI is InChI=1S/C22H25NO7/c1-13-6-8-16(30-13)19-18(21(25)22(26)23(19)10-5-11-27-2)20(24)14-7-9-15(28-3)17(12-14)29-4/h6-9,12,19,24H,5,10-11H2,1-4H3/b20-18-. The van der Waals surface area contributed by atoms with Crippen LogP contribution in [0.5, 0.6) is 11.5 Å². The van der Waals surface area contributed by atoms with Crippen LogP contribution in [0.1, 0.15) is 29.5 Å². The van der Waals surface area contributed by atoms with Crippen molar-refractivity contribution < 1.29 is 33.3 Å². The van der Waals surface area contributed by atoms with Gasteiger partial charge in [0.05, 0.1) is 19.8 Å². The number of hydrogen-bond donors (Lipinski definition) is 1. The van der Waals surface area contributed by atoms with E-state index in [1.165, 1.54) is 19.1 Å². The Labute approximate surface area is 174 Å². The number of ketones is 1. The van der Waals surface area contributed by atoms with E-state index >= 15 is 0 Å². The van der Waals surface area contributed by atoms with E-state index in [0.717, 1.165) is 0 Å². The zero-order valence-electron chi connectivity index (χ0n) is 17.4. The molecule has 8 nitrogen and oxygen atoms in total. The molecular formula is C22H25NO7. The van der Waals surface area contributed by atoms with Crippen LogP contribution in [0, 0.1) is 6.92 Å². The largest absolute Gasteiger partial charge is 0.507 e. The Bertz CT molecular complexity index is 976. The van der Waals surface area contributed by atoms with Crippen molar-refractivity contribution in [1.29, 1.82) is 0 Å². The number of carbonyl (C=O) groups excluding carboxylic acids is 2. The summed E-state index contributed by atoms with van der Waals surface area (Å²) < 4.78 is 21.3. The highest BCUT2D eigenvalue weighted by Gasteiger charge is 2.47. The summed E-state index contributed by atoms with van der Waals surface area (Å²) >= 11 is 0. The first-order valence-corrected chi connectivity index (χ1v) is 9.49. The predicted octanol–water partition coefficient (Wildman–Crippen LogP) is 3.06. The van der Waals surface area contributed by atoms with E-state index in [4.69, 9.17) is 18.6 Å².